The van der Waals surface area contributed by atoms with E-state index in [1.54, 1.807) is 16.5 Å². The van der Waals surface area contributed by atoms with Gasteiger partial charge in [-0.05, 0) is 48.9 Å². The topological polar surface area (TPSA) is 77.6 Å². The van der Waals surface area contributed by atoms with Crippen LogP contribution in [-0.4, -0.2) is 26.7 Å². The van der Waals surface area contributed by atoms with Gasteiger partial charge in [0.1, 0.15) is 30.0 Å². The standard InChI is InChI=1S/C21H19FN4O3/c1-2-29-17-6-3-14(4-7-17)11-23-20(27)12-26-21(28)19-10-15-9-16(22)5-8-18(15)25(19)13-24-26/h3-10,13H,2,11-12H2,1H3,(H,23,27). The Morgan fingerprint density at radius 3 is 2.69 bits per heavy atom. The predicted octanol–water partition coefficient (Wildman–Crippen LogP) is 2.50. The number of carbonyl (C=O) groups is 1. The first kappa shape index (κ1) is 18.7. The summed E-state index contributed by atoms with van der Waals surface area (Å²) in [6, 6.07) is 13.3. The molecule has 1 N–H and O–H groups in total. The lowest BCUT2D eigenvalue weighted by atomic mass is 10.2. The summed E-state index contributed by atoms with van der Waals surface area (Å²) in [5, 5.41) is 7.45. The van der Waals surface area contributed by atoms with E-state index in [1.165, 1.54) is 18.5 Å². The first-order chi connectivity index (χ1) is 14.0. The molecule has 8 heteroatoms. The molecule has 29 heavy (non-hydrogen) atoms. The van der Waals surface area contributed by atoms with Crippen molar-refractivity contribution in [3.8, 4) is 5.75 Å². The van der Waals surface area contributed by atoms with Crippen molar-refractivity contribution in [1.82, 2.24) is 19.5 Å². The van der Waals surface area contributed by atoms with Crippen LogP contribution >= 0.6 is 0 Å². The second-order valence-corrected chi connectivity index (χ2v) is 6.55. The zero-order valence-electron chi connectivity index (χ0n) is 15.8. The molecule has 0 saturated heterocycles. The van der Waals surface area contributed by atoms with Gasteiger partial charge in [-0.15, -0.1) is 0 Å². The summed E-state index contributed by atoms with van der Waals surface area (Å²) in [5.41, 5.74) is 1.51. The average molecular weight is 394 g/mol. The third kappa shape index (κ3) is 3.82. The van der Waals surface area contributed by atoms with Gasteiger partial charge in [0, 0.05) is 11.9 Å². The minimum absolute atomic E-state index is 0.206. The Morgan fingerprint density at radius 2 is 1.93 bits per heavy atom. The zero-order valence-corrected chi connectivity index (χ0v) is 15.8. The van der Waals surface area contributed by atoms with Crippen molar-refractivity contribution >= 4 is 22.3 Å². The van der Waals surface area contributed by atoms with Gasteiger partial charge in [0.25, 0.3) is 5.56 Å². The molecule has 0 fully saturated rings. The molecule has 2 aromatic carbocycles. The van der Waals surface area contributed by atoms with Crippen LogP contribution in [0.4, 0.5) is 4.39 Å². The number of fused-ring (bicyclic) bond motifs is 3. The molecule has 0 bridgehead atoms. The Morgan fingerprint density at radius 1 is 1.14 bits per heavy atom. The molecular formula is C21H19FN4O3. The number of hydrogen-bond acceptors (Lipinski definition) is 4. The Kier molecular flexibility index (Phi) is 4.99. The minimum atomic E-state index is -0.416. The summed E-state index contributed by atoms with van der Waals surface area (Å²) in [6.45, 7) is 2.63. The molecule has 0 aliphatic heterocycles. The predicted molar refractivity (Wildman–Crippen MR) is 106 cm³/mol. The Hall–Kier alpha value is -3.68. The molecule has 0 saturated carbocycles. The fourth-order valence-corrected chi connectivity index (χ4v) is 3.17. The molecule has 4 rings (SSSR count). The van der Waals surface area contributed by atoms with Crippen LogP contribution in [0.1, 0.15) is 12.5 Å². The van der Waals surface area contributed by atoms with E-state index in [-0.39, 0.29) is 18.3 Å². The van der Waals surface area contributed by atoms with Crippen LogP contribution in [0.3, 0.4) is 0 Å². The molecular weight excluding hydrogens is 375 g/mol. The monoisotopic (exact) mass is 394 g/mol. The van der Waals surface area contributed by atoms with E-state index < -0.39 is 5.56 Å². The highest BCUT2D eigenvalue weighted by Gasteiger charge is 2.12. The quantitative estimate of drug-likeness (QED) is 0.545. The highest BCUT2D eigenvalue weighted by atomic mass is 19.1. The van der Waals surface area contributed by atoms with E-state index in [0.29, 0.717) is 29.6 Å². The molecule has 2 heterocycles. The van der Waals surface area contributed by atoms with Gasteiger partial charge in [-0.25, -0.2) is 9.07 Å². The number of rotatable bonds is 6. The molecule has 7 nitrogen and oxygen atoms in total. The SMILES string of the molecule is CCOc1ccc(CNC(=O)Cn2ncn3c(cc4cc(F)ccc43)c2=O)cc1. The molecule has 0 aliphatic rings. The van der Waals surface area contributed by atoms with Gasteiger partial charge < -0.3 is 10.1 Å². The van der Waals surface area contributed by atoms with E-state index in [2.05, 4.69) is 10.4 Å². The minimum Gasteiger partial charge on any atom is -0.494 e. The number of hydrogen-bond donors (Lipinski definition) is 1. The number of benzene rings is 2. The Labute approximate surface area is 165 Å². The molecule has 148 valence electrons. The van der Waals surface area contributed by atoms with Crippen LogP contribution in [0.2, 0.25) is 0 Å². The Balaban J connectivity index is 1.48. The number of nitrogens with one attached hydrogen (secondary N) is 1. The summed E-state index contributed by atoms with van der Waals surface area (Å²) in [5.74, 6) is 0.0569. The molecule has 0 spiro atoms. The second kappa shape index (κ2) is 7.75. The summed E-state index contributed by atoms with van der Waals surface area (Å²) in [6.07, 6.45) is 1.46. The highest BCUT2D eigenvalue weighted by Crippen LogP contribution is 2.18. The molecule has 0 atom stereocenters. The van der Waals surface area contributed by atoms with Gasteiger partial charge in [0.15, 0.2) is 0 Å². The summed E-state index contributed by atoms with van der Waals surface area (Å²) in [4.78, 5) is 25.0. The zero-order chi connectivity index (χ0) is 20.4. The van der Waals surface area contributed by atoms with Gasteiger partial charge in [-0.3, -0.25) is 14.0 Å². The largest absolute Gasteiger partial charge is 0.494 e. The maximum Gasteiger partial charge on any atom is 0.291 e. The lowest BCUT2D eigenvalue weighted by molar-refractivity contribution is -0.122. The summed E-state index contributed by atoms with van der Waals surface area (Å²) < 4.78 is 21.5. The van der Waals surface area contributed by atoms with Crippen molar-refractivity contribution in [2.45, 2.75) is 20.0 Å². The molecule has 0 unspecified atom stereocenters. The van der Waals surface area contributed by atoms with E-state index in [9.17, 15) is 14.0 Å². The van der Waals surface area contributed by atoms with Crippen molar-refractivity contribution in [2.24, 2.45) is 0 Å². The van der Waals surface area contributed by atoms with Crippen molar-refractivity contribution in [2.75, 3.05) is 6.61 Å². The van der Waals surface area contributed by atoms with Crippen LogP contribution in [0.25, 0.3) is 16.4 Å². The van der Waals surface area contributed by atoms with Crippen molar-refractivity contribution < 1.29 is 13.9 Å². The van der Waals surface area contributed by atoms with Crippen molar-refractivity contribution in [3.63, 3.8) is 0 Å². The van der Waals surface area contributed by atoms with Gasteiger partial charge >= 0.3 is 0 Å². The Bertz CT molecular complexity index is 1240. The number of ether oxygens (including phenoxy) is 1. The third-order valence-electron chi connectivity index (χ3n) is 4.58. The van der Waals surface area contributed by atoms with Gasteiger partial charge in [-0.1, -0.05) is 12.1 Å². The van der Waals surface area contributed by atoms with Crippen LogP contribution in [-0.2, 0) is 17.9 Å². The van der Waals surface area contributed by atoms with Crippen LogP contribution in [0.15, 0.2) is 59.7 Å². The van der Waals surface area contributed by atoms with Gasteiger partial charge in [0.2, 0.25) is 5.91 Å². The van der Waals surface area contributed by atoms with Gasteiger partial charge in [0.05, 0.1) is 12.1 Å². The van der Waals surface area contributed by atoms with E-state index in [4.69, 9.17) is 4.74 Å². The highest BCUT2D eigenvalue weighted by molar-refractivity contribution is 5.86. The molecule has 0 aliphatic carbocycles. The van der Waals surface area contributed by atoms with Crippen LogP contribution in [0, 0.1) is 5.82 Å². The van der Waals surface area contributed by atoms with E-state index >= 15 is 0 Å². The molecule has 4 aromatic rings. The number of nitrogens with zero attached hydrogens (tertiary/aromatic N) is 3. The van der Waals surface area contributed by atoms with E-state index in [0.717, 1.165) is 16.0 Å². The van der Waals surface area contributed by atoms with Crippen LogP contribution in [0.5, 0.6) is 5.75 Å². The van der Waals surface area contributed by atoms with Crippen molar-refractivity contribution in [3.05, 3.63) is 76.6 Å². The molecule has 0 radical (unpaired) electrons. The summed E-state index contributed by atoms with van der Waals surface area (Å²) >= 11 is 0. The lowest BCUT2D eigenvalue weighted by Gasteiger charge is -2.08. The second-order valence-electron chi connectivity index (χ2n) is 6.55. The molecule has 2 aromatic heterocycles. The lowest BCUT2D eigenvalue weighted by Crippen LogP contribution is -2.33. The van der Waals surface area contributed by atoms with Crippen molar-refractivity contribution in [1.29, 1.82) is 0 Å². The van der Waals surface area contributed by atoms with E-state index in [1.807, 2.05) is 31.2 Å². The smallest absolute Gasteiger partial charge is 0.291 e. The van der Waals surface area contributed by atoms with Crippen LogP contribution < -0.4 is 15.6 Å². The number of amides is 1. The maximum absolute atomic E-state index is 13.4. The first-order valence-corrected chi connectivity index (χ1v) is 9.20. The molecule has 1 amide bonds. The normalized spacial score (nSPS) is 11.1. The average Bonchev–Trinajstić information content (AvgIpc) is 3.08. The third-order valence-corrected chi connectivity index (χ3v) is 4.58. The maximum atomic E-state index is 13.4. The first-order valence-electron chi connectivity index (χ1n) is 9.20. The van der Waals surface area contributed by atoms with Gasteiger partial charge in [-0.2, -0.15) is 5.10 Å². The fraction of sp³-hybridized carbons (Fsp3) is 0.190. The number of aromatic nitrogens is 3. The number of carbonyl (C=O) groups excluding carboxylic acids is 1. The summed E-state index contributed by atoms with van der Waals surface area (Å²) in [7, 11) is 0. The number of halogens is 1. The fourth-order valence-electron chi connectivity index (χ4n) is 3.17.